The molecule has 3 heterocycles. The second kappa shape index (κ2) is 8.19. The van der Waals surface area contributed by atoms with E-state index in [4.69, 9.17) is 4.42 Å². The largest absolute Gasteiger partial charge is 0.469 e. The van der Waals surface area contributed by atoms with Crippen molar-refractivity contribution in [2.45, 2.75) is 33.1 Å². The normalized spacial score (nSPS) is 10.7. The molecule has 0 bridgehead atoms. The fourth-order valence-electron chi connectivity index (χ4n) is 2.18. The fraction of sp³-hybridized carbons (Fsp3) is 0.312. The Labute approximate surface area is 157 Å². The Bertz CT molecular complexity index is 915. The zero-order valence-electron chi connectivity index (χ0n) is 14.2. The van der Waals surface area contributed by atoms with Crippen molar-refractivity contribution < 1.29 is 14.0 Å². The Morgan fingerprint density at radius 3 is 2.81 bits per heavy atom. The Balaban J connectivity index is 1.55. The number of aromatic nitrogens is 3. The highest BCUT2D eigenvalue weighted by Crippen LogP contribution is 2.20. The predicted octanol–water partition coefficient (Wildman–Crippen LogP) is 3.28. The van der Waals surface area contributed by atoms with Crippen molar-refractivity contribution >= 4 is 44.8 Å². The summed E-state index contributed by atoms with van der Waals surface area (Å²) < 4.78 is 5.11. The lowest BCUT2D eigenvalue weighted by molar-refractivity contribution is -0.115. The van der Waals surface area contributed by atoms with Crippen LogP contribution in [0.4, 0.5) is 10.3 Å². The van der Waals surface area contributed by atoms with Gasteiger partial charge in [0.25, 0.3) is 5.91 Å². The monoisotopic (exact) mass is 391 g/mol. The molecule has 0 spiro atoms. The van der Waals surface area contributed by atoms with Crippen molar-refractivity contribution in [3.05, 3.63) is 39.7 Å². The van der Waals surface area contributed by atoms with E-state index < -0.39 is 0 Å². The number of rotatable bonds is 7. The molecule has 8 nitrogen and oxygen atoms in total. The molecule has 136 valence electrons. The van der Waals surface area contributed by atoms with Crippen LogP contribution in [0.3, 0.4) is 0 Å². The number of furan rings is 1. The Morgan fingerprint density at radius 2 is 2.08 bits per heavy atom. The first-order valence-corrected chi connectivity index (χ1v) is 9.67. The Morgan fingerprint density at radius 1 is 1.23 bits per heavy atom. The van der Waals surface area contributed by atoms with Gasteiger partial charge in [-0.1, -0.05) is 18.3 Å². The number of anilines is 2. The van der Waals surface area contributed by atoms with Gasteiger partial charge in [0, 0.05) is 11.8 Å². The van der Waals surface area contributed by atoms with E-state index in [2.05, 4.69) is 32.7 Å². The van der Waals surface area contributed by atoms with Crippen LogP contribution in [0.15, 0.2) is 22.1 Å². The van der Waals surface area contributed by atoms with Crippen LogP contribution < -0.4 is 10.6 Å². The first-order valence-electron chi connectivity index (χ1n) is 7.97. The SMILES string of the molecule is CCCc1nnc(NC(=O)Cc2csc(NC(=O)c3ccoc3C)n2)s1. The lowest BCUT2D eigenvalue weighted by Crippen LogP contribution is -2.15. The van der Waals surface area contributed by atoms with Crippen molar-refractivity contribution in [1.82, 2.24) is 15.2 Å². The van der Waals surface area contributed by atoms with E-state index in [0.717, 1.165) is 17.8 Å². The summed E-state index contributed by atoms with van der Waals surface area (Å²) in [5.41, 5.74) is 1.03. The summed E-state index contributed by atoms with van der Waals surface area (Å²) in [5, 5.41) is 16.9. The van der Waals surface area contributed by atoms with Gasteiger partial charge in [-0.2, -0.15) is 0 Å². The van der Waals surface area contributed by atoms with E-state index in [-0.39, 0.29) is 18.2 Å². The molecule has 3 rings (SSSR count). The van der Waals surface area contributed by atoms with Gasteiger partial charge in [0.05, 0.1) is 23.9 Å². The summed E-state index contributed by atoms with van der Waals surface area (Å²) in [7, 11) is 0. The quantitative estimate of drug-likeness (QED) is 0.639. The molecule has 0 saturated carbocycles. The highest BCUT2D eigenvalue weighted by Gasteiger charge is 2.15. The Kier molecular flexibility index (Phi) is 5.74. The number of amides is 2. The molecule has 0 aromatic carbocycles. The average Bonchev–Trinajstić information content (AvgIpc) is 3.30. The summed E-state index contributed by atoms with van der Waals surface area (Å²) in [5.74, 6) is 0.0233. The van der Waals surface area contributed by atoms with E-state index in [9.17, 15) is 9.59 Å². The number of aryl methyl sites for hydroxylation is 2. The third-order valence-corrected chi connectivity index (χ3v) is 5.10. The minimum Gasteiger partial charge on any atom is -0.469 e. The number of thiazole rings is 1. The van der Waals surface area contributed by atoms with E-state index >= 15 is 0 Å². The van der Waals surface area contributed by atoms with Gasteiger partial charge in [-0.3, -0.25) is 14.9 Å². The minimum absolute atomic E-state index is 0.0970. The van der Waals surface area contributed by atoms with Crippen LogP contribution in [0, 0.1) is 6.92 Å². The lowest BCUT2D eigenvalue weighted by Gasteiger charge is -2.00. The van der Waals surface area contributed by atoms with Gasteiger partial charge < -0.3 is 9.73 Å². The van der Waals surface area contributed by atoms with E-state index in [0.29, 0.717) is 27.3 Å². The van der Waals surface area contributed by atoms with Crippen molar-refractivity contribution in [3.8, 4) is 0 Å². The molecule has 10 heteroatoms. The summed E-state index contributed by atoms with van der Waals surface area (Å²) in [6.07, 6.45) is 3.38. The summed E-state index contributed by atoms with van der Waals surface area (Å²) in [4.78, 5) is 28.5. The Hall–Kier alpha value is -2.59. The first kappa shape index (κ1) is 18.2. The maximum absolute atomic E-state index is 12.1. The zero-order valence-corrected chi connectivity index (χ0v) is 15.9. The van der Waals surface area contributed by atoms with Crippen molar-refractivity contribution in [2.75, 3.05) is 10.6 Å². The van der Waals surface area contributed by atoms with E-state index in [1.54, 1.807) is 18.4 Å². The molecular formula is C16H17N5O3S2. The predicted molar refractivity (Wildman–Crippen MR) is 99.7 cm³/mol. The molecule has 2 N–H and O–H groups in total. The molecular weight excluding hydrogens is 374 g/mol. The second-order valence-electron chi connectivity index (χ2n) is 5.46. The smallest absolute Gasteiger partial charge is 0.260 e. The summed E-state index contributed by atoms with van der Waals surface area (Å²) >= 11 is 2.63. The van der Waals surface area contributed by atoms with E-state index in [1.165, 1.54) is 28.9 Å². The van der Waals surface area contributed by atoms with Crippen LogP contribution in [0.25, 0.3) is 0 Å². The maximum atomic E-state index is 12.1. The summed E-state index contributed by atoms with van der Waals surface area (Å²) in [6.45, 7) is 3.78. The van der Waals surface area contributed by atoms with Crippen LogP contribution >= 0.6 is 22.7 Å². The number of carbonyl (C=O) groups excluding carboxylic acids is 2. The van der Waals surface area contributed by atoms with Crippen LogP contribution in [-0.4, -0.2) is 27.0 Å². The molecule has 0 aliphatic heterocycles. The molecule has 3 aromatic rings. The number of hydrogen-bond donors (Lipinski definition) is 2. The molecule has 0 saturated heterocycles. The number of nitrogens with one attached hydrogen (secondary N) is 2. The topological polar surface area (TPSA) is 110 Å². The average molecular weight is 391 g/mol. The third kappa shape index (κ3) is 4.52. The van der Waals surface area contributed by atoms with Gasteiger partial charge in [0.2, 0.25) is 11.0 Å². The maximum Gasteiger partial charge on any atom is 0.260 e. The minimum atomic E-state index is -0.293. The molecule has 0 atom stereocenters. The van der Waals surface area contributed by atoms with Crippen LogP contribution in [-0.2, 0) is 17.6 Å². The highest BCUT2D eigenvalue weighted by atomic mass is 32.1. The zero-order chi connectivity index (χ0) is 18.5. The molecule has 0 aliphatic rings. The summed E-state index contributed by atoms with van der Waals surface area (Å²) in [6, 6.07) is 1.60. The molecule has 26 heavy (non-hydrogen) atoms. The highest BCUT2D eigenvalue weighted by molar-refractivity contribution is 7.15. The number of carbonyl (C=O) groups is 2. The number of hydrogen-bond acceptors (Lipinski definition) is 8. The van der Waals surface area contributed by atoms with Gasteiger partial charge in [0.15, 0.2) is 5.13 Å². The molecule has 0 aliphatic carbocycles. The number of nitrogens with zero attached hydrogens (tertiary/aromatic N) is 3. The van der Waals surface area contributed by atoms with Crippen molar-refractivity contribution in [2.24, 2.45) is 0 Å². The fourth-order valence-corrected chi connectivity index (χ4v) is 3.74. The third-order valence-electron chi connectivity index (χ3n) is 3.39. The molecule has 3 aromatic heterocycles. The van der Waals surface area contributed by atoms with Gasteiger partial charge in [-0.15, -0.1) is 21.5 Å². The first-order chi connectivity index (χ1) is 12.5. The lowest BCUT2D eigenvalue weighted by atomic mass is 10.2. The van der Waals surface area contributed by atoms with Crippen LogP contribution in [0.5, 0.6) is 0 Å². The van der Waals surface area contributed by atoms with Crippen molar-refractivity contribution in [3.63, 3.8) is 0 Å². The van der Waals surface area contributed by atoms with Gasteiger partial charge in [0.1, 0.15) is 10.8 Å². The molecule has 2 amide bonds. The van der Waals surface area contributed by atoms with Gasteiger partial charge in [-0.25, -0.2) is 4.98 Å². The molecule has 0 radical (unpaired) electrons. The van der Waals surface area contributed by atoms with Gasteiger partial charge >= 0.3 is 0 Å². The standard InChI is InChI=1S/C16H17N5O3S2/c1-3-4-13-20-21-16(26-13)18-12(22)7-10-8-25-15(17-10)19-14(23)11-5-6-24-9(11)2/h5-6,8H,3-4,7H2,1-2H3,(H,17,19,23)(H,18,21,22). The second-order valence-corrected chi connectivity index (χ2v) is 7.38. The van der Waals surface area contributed by atoms with E-state index in [1.807, 2.05) is 0 Å². The molecule has 0 fully saturated rings. The van der Waals surface area contributed by atoms with Gasteiger partial charge in [-0.05, 0) is 19.4 Å². The van der Waals surface area contributed by atoms with Crippen LogP contribution in [0.1, 0.15) is 40.2 Å². The molecule has 0 unspecified atom stereocenters. The van der Waals surface area contributed by atoms with Crippen LogP contribution in [0.2, 0.25) is 0 Å². The van der Waals surface area contributed by atoms with Crippen molar-refractivity contribution in [1.29, 1.82) is 0 Å².